The van der Waals surface area contributed by atoms with Gasteiger partial charge in [-0.3, -0.25) is 4.79 Å². The monoisotopic (exact) mass is 184 g/mol. The van der Waals surface area contributed by atoms with E-state index in [0.29, 0.717) is 11.8 Å². The van der Waals surface area contributed by atoms with Gasteiger partial charge < -0.3 is 5.11 Å². The molecule has 1 N–H and O–H groups in total. The summed E-state index contributed by atoms with van der Waals surface area (Å²) in [5.41, 5.74) is -0.380. The fourth-order valence-corrected chi connectivity index (χ4v) is 2.93. The Balaban J connectivity index is 2.72. The summed E-state index contributed by atoms with van der Waals surface area (Å²) in [4.78, 5) is 11.2. The molecule has 13 heavy (non-hydrogen) atoms. The van der Waals surface area contributed by atoms with Crippen LogP contribution in [0.4, 0.5) is 0 Å². The lowest BCUT2D eigenvalue weighted by Crippen LogP contribution is -2.51. The SMILES string of the molecule is CCCC1C(C)CC1(CC)C(=O)O. The van der Waals surface area contributed by atoms with Crippen molar-refractivity contribution >= 4 is 5.97 Å². The number of carboxylic acids is 1. The Morgan fingerprint density at radius 3 is 2.46 bits per heavy atom. The summed E-state index contributed by atoms with van der Waals surface area (Å²) in [5, 5.41) is 9.20. The molecule has 0 bridgehead atoms. The third kappa shape index (κ3) is 1.47. The Bertz CT molecular complexity index is 200. The van der Waals surface area contributed by atoms with Gasteiger partial charge in [-0.1, -0.05) is 27.2 Å². The lowest BCUT2D eigenvalue weighted by atomic mass is 9.52. The molecule has 3 unspecified atom stereocenters. The van der Waals surface area contributed by atoms with E-state index in [4.69, 9.17) is 0 Å². The second-order valence-electron chi connectivity index (χ2n) is 4.39. The first kappa shape index (κ1) is 10.6. The molecule has 0 aromatic carbocycles. The fraction of sp³-hybridized carbons (Fsp3) is 0.909. The van der Waals surface area contributed by atoms with Crippen LogP contribution in [0.3, 0.4) is 0 Å². The molecule has 0 radical (unpaired) electrons. The molecular weight excluding hydrogens is 164 g/mol. The van der Waals surface area contributed by atoms with Gasteiger partial charge in [-0.05, 0) is 31.1 Å². The maximum absolute atomic E-state index is 11.2. The summed E-state index contributed by atoms with van der Waals surface area (Å²) >= 11 is 0. The van der Waals surface area contributed by atoms with E-state index < -0.39 is 5.97 Å². The van der Waals surface area contributed by atoms with Crippen LogP contribution in [0.25, 0.3) is 0 Å². The molecule has 1 fully saturated rings. The molecule has 0 amide bonds. The predicted octanol–water partition coefficient (Wildman–Crippen LogP) is 2.92. The highest BCUT2D eigenvalue weighted by atomic mass is 16.4. The van der Waals surface area contributed by atoms with Crippen LogP contribution in [0.5, 0.6) is 0 Å². The molecule has 3 atom stereocenters. The van der Waals surface area contributed by atoms with Gasteiger partial charge in [0.1, 0.15) is 0 Å². The van der Waals surface area contributed by atoms with Gasteiger partial charge in [0.2, 0.25) is 0 Å². The largest absolute Gasteiger partial charge is 0.481 e. The molecule has 2 nitrogen and oxygen atoms in total. The van der Waals surface area contributed by atoms with Gasteiger partial charge in [-0.25, -0.2) is 0 Å². The van der Waals surface area contributed by atoms with Crippen molar-refractivity contribution in [2.75, 3.05) is 0 Å². The van der Waals surface area contributed by atoms with E-state index in [-0.39, 0.29) is 5.41 Å². The first-order chi connectivity index (χ1) is 6.08. The lowest BCUT2D eigenvalue weighted by molar-refractivity contribution is -0.169. The standard InChI is InChI=1S/C11H20O2/c1-4-6-9-8(3)7-11(9,5-2)10(12)13/h8-9H,4-7H2,1-3H3,(H,12,13). The van der Waals surface area contributed by atoms with Gasteiger partial charge in [0, 0.05) is 0 Å². The fourth-order valence-electron chi connectivity index (χ4n) is 2.93. The molecular formula is C11H20O2. The molecule has 0 heterocycles. The minimum absolute atomic E-state index is 0.380. The van der Waals surface area contributed by atoms with Crippen molar-refractivity contribution < 1.29 is 9.90 Å². The van der Waals surface area contributed by atoms with E-state index in [1.165, 1.54) is 0 Å². The van der Waals surface area contributed by atoms with Gasteiger partial charge in [-0.15, -0.1) is 0 Å². The second kappa shape index (κ2) is 3.69. The lowest BCUT2D eigenvalue weighted by Gasteiger charge is -2.51. The summed E-state index contributed by atoms with van der Waals surface area (Å²) in [7, 11) is 0. The molecule has 1 saturated carbocycles. The van der Waals surface area contributed by atoms with E-state index in [2.05, 4.69) is 13.8 Å². The Morgan fingerprint density at radius 1 is 1.54 bits per heavy atom. The molecule has 0 aliphatic heterocycles. The van der Waals surface area contributed by atoms with Crippen molar-refractivity contribution in [3.05, 3.63) is 0 Å². The van der Waals surface area contributed by atoms with Crippen LogP contribution in [0.15, 0.2) is 0 Å². The van der Waals surface area contributed by atoms with Crippen molar-refractivity contribution in [3.8, 4) is 0 Å². The summed E-state index contributed by atoms with van der Waals surface area (Å²) in [6, 6.07) is 0. The summed E-state index contributed by atoms with van der Waals surface area (Å²) in [6.45, 7) is 6.31. The number of carboxylic acid groups (broad SMARTS) is 1. The molecule has 76 valence electrons. The van der Waals surface area contributed by atoms with Crippen molar-refractivity contribution in [2.45, 2.75) is 46.5 Å². The van der Waals surface area contributed by atoms with Gasteiger partial charge in [0.05, 0.1) is 5.41 Å². The zero-order valence-corrected chi connectivity index (χ0v) is 8.84. The van der Waals surface area contributed by atoms with E-state index in [1.54, 1.807) is 0 Å². The number of hydrogen-bond donors (Lipinski definition) is 1. The maximum atomic E-state index is 11.2. The zero-order chi connectivity index (χ0) is 10.1. The minimum Gasteiger partial charge on any atom is -0.481 e. The van der Waals surface area contributed by atoms with Gasteiger partial charge >= 0.3 is 5.97 Å². The summed E-state index contributed by atoms with van der Waals surface area (Å²) in [5.74, 6) is 0.447. The first-order valence-corrected chi connectivity index (χ1v) is 5.31. The van der Waals surface area contributed by atoms with E-state index in [9.17, 15) is 9.90 Å². The Hall–Kier alpha value is -0.530. The van der Waals surface area contributed by atoms with E-state index >= 15 is 0 Å². The number of hydrogen-bond acceptors (Lipinski definition) is 1. The number of carbonyl (C=O) groups is 1. The summed E-state index contributed by atoms with van der Waals surface area (Å²) in [6.07, 6.45) is 3.84. The van der Waals surface area contributed by atoms with Gasteiger partial charge in [0.15, 0.2) is 0 Å². The van der Waals surface area contributed by atoms with E-state index in [0.717, 1.165) is 25.7 Å². The average molecular weight is 184 g/mol. The third-order valence-electron chi connectivity index (χ3n) is 3.74. The summed E-state index contributed by atoms with van der Waals surface area (Å²) < 4.78 is 0. The van der Waals surface area contributed by atoms with Crippen LogP contribution in [0, 0.1) is 17.3 Å². The molecule has 1 aliphatic rings. The highest BCUT2D eigenvalue weighted by Crippen LogP contribution is 2.55. The minimum atomic E-state index is -0.577. The quantitative estimate of drug-likeness (QED) is 0.729. The first-order valence-electron chi connectivity index (χ1n) is 5.31. The van der Waals surface area contributed by atoms with E-state index in [1.807, 2.05) is 6.92 Å². The number of rotatable bonds is 4. The molecule has 0 aromatic heterocycles. The molecule has 0 saturated heterocycles. The van der Waals surface area contributed by atoms with Crippen LogP contribution in [-0.2, 0) is 4.79 Å². The maximum Gasteiger partial charge on any atom is 0.309 e. The molecule has 1 rings (SSSR count). The topological polar surface area (TPSA) is 37.3 Å². The normalized spacial score (nSPS) is 38.4. The van der Waals surface area contributed by atoms with Crippen LogP contribution >= 0.6 is 0 Å². The predicted molar refractivity (Wildman–Crippen MR) is 52.5 cm³/mol. The average Bonchev–Trinajstić information content (AvgIpc) is 2.09. The van der Waals surface area contributed by atoms with Crippen molar-refractivity contribution in [2.24, 2.45) is 17.3 Å². The molecule has 2 heteroatoms. The Kier molecular flexibility index (Phi) is 2.99. The molecule has 1 aliphatic carbocycles. The van der Waals surface area contributed by atoms with Crippen molar-refractivity contribution in [1.29, 1.82) is 0 Å². The molecule has 0 spiro atoms. The van der Waals surface area contributed by atoms with Gasteiger partial charge in [0.25, 0.3) is 0 Å². The van der Waals surface area contributed by atoms with Crippen molar-refractivity contribution in [1.82, 2.24) is 0 Å². The smallest absolute Gasteiger partial charge is 0.309 e. The van der Waals surface area contributed by atoms with Crippen LogP contribution in [0.2, 0.25) is 0 Å². The van der Waals surface area contributed by atoms with Crippen molar-refractivity contribution in [3.63, 3.8) is 0 Å². The third-order valence-corrected chi connectivity index (χ3v) is 3.74. The molecule has 0 aromatic rings. The van der Waals surface area contributed by atoms with Crippen LogP contribution in [-0.4, -0.2) is 11.1 Å². The highest BCUT2D eigenvalue weighted by Gasteiger charge is 2.54. The highest BCUT2D eigenvalue weighted by molar-refractivity contribution is 5.76. The van der Waals surface area contributed by atoms with Gasteiger partial charge in [-0.2, -0.15) is 0 Å². The number of aliphatic carboxylic acids is 1. The van der Waals surface area contributed by atoms with Crippen LogP contribution in [0.1, 0.15) is 46.5 Å². The Morgan fingerprint density at radius 2 is 2.15 bits per heavy atom. The second-order valence-corrected chi connectivity index (χ2v) is 4.39. The Labute approximate surface area is 80.3 Å². The zero-order valence-electron chi connectivity index (χ0n) is 8.84. The van der Waals surface area contributed by atoms with Crippen LogP contribution < -0.4 is 0 Å².